The predicted molar refractivity (Wildman–Crippen MR) is 63.6 cm³/mol. The van der Waals surface area contributed by atoms with E-state index >= 15 is 0 Å². The molecule has 0 spiro atoms. The van der Waals surface area contributed by atoms with Gasteiger partial charge >= 0.3 is 0 Å². The Morgan fingerprint density at radius 1 is 1.33 bits per heavy atom. The predicted octanol–water partition coefficient (Wildman–Crippen LogP) is 0.618. The molecule has 4 N–H and O–H groups in total. The zero-order valence-electron chi connectivity index (χ0n) is 10.2. The topological polar surface area (TPSA) is 67.2 Å². The summed E-state index contributed by atoms with van der Waals surface area (Å²) in [5, 5.41) is 6.16. The third-order valence-corrected chi connectivity index (χ3v) is 2.56. The van der Waals surface area contributed by atoms with Crippen LogP contribution in [0.2, 0.25) is 0 Å². The number of hydrogen-bond donors (Lipinski definition) is 3. The molecule has 0 aliphatic heterocycles. The second kappa shape index (κ2) is 8.68. The van der Waals surface area contributed by atoms with E-state index in [1.54, 1.807) is 0 Å². The highest BCUT2D eigenvalue weighted by molar-refractivity contribution is 5.81. The van der Waals surface area contributed by atoms with E-state index in [4.69, 9.17) is 5.73 Å². The molecule has 4 nitrogen and oxygen atoms in total. The molecule has 1 atom stereocenters. The molecular weight excluding hydrogens is 190 g/mol. The molecule has 0 bridgehead atoms. The molecular formula is C11H25N3O. The van der Waals surface area contributed by atoms with Gasteiger partial charge in [-0.1, -0.05) is 13.8 Å². The van der Waals surface area contributed by atoms with Crippen LogP contribution in [0.1, 0.15) is 40.0 Å². The highest BCUT2D eigenvalue weighted by Gasteiger charge is 2.14. The van der Waals surface area contributed by atoms with Crippen molar-refractivity contribution >= 4 is 5.91 Å². The lowest BCUT2D eigenvalue weighted by atomic mass is 10.1. The summed E-state index contributed by atoms with van der Waals surface area (Å²) < 4.78 is 0. The fourth-order valence-corrected chi connectivity index (χ4v) is 1.33. The first kappa shape index (κ1) is 14.4. The molecule has 15 heavy (non-hydrogen) atoms. The fraction of sp³-hybridized carbons (Fsp3) is 0.909. The normalized spacial score (nSPS) is 12.9. The van der Waals surface area contributed by atoms with E-state index < -0.39 is 0 Å². The first-order valence-electron chi connectivity index (χ1n) is 5.89. The van der Waals surface area contributed by atoms with Gasteiger partial charge in [-0.15, -0.1) is 0 Å². The van der Waals surface area contributed by atoms with Gasteiger partial charge in [-0.05, 0) is 39.3 Å². The Morgan fingerprint density at radius 2 is 1.93 bits per heavy atom. The molecule has 0 aromatic heterocycles. The lowest BCUT2D eigenvalue weighted by Crippen LogP contribution is -2.46. The van der Waals surface area contributed by atoms with Crippen molar-refractivity contribution in [1.82, 2.24) is 10.6 Å². The Hall–Kier alpha value is -0.610. The number of hydrogen-bond acceptors (Lipinski definition) is 3. The van der Waals surface area contributed by atoms with Gasteiger partial charge in [-0.3, -0.25) is 4.79 Å². The number of carbonyl (C=O) groups excluding carboxylic acids is 1. The van der Waals surface area contributed by atoms with Crippen LogP contribution in [-0.4, -0.2) is 31.1 Å². The van der Waals surface area contributed by atoms with Crippen molar-refractivity contribution in [2.75, 3.05) is 13.1 Å². The molecule has 0 aromatic carbocycles. The third kappa shape index (κ3) is 6.47. The lowest BCUT2D eigenvalue weighted by Gasteiger charge is -2.19. The van der Waals surface area contributed by atoms with Crippen LogP contribution >= 0.6 is 0 Å². The number of nitrogens with one attached hydrogen (secondary N) is 2. The summed E-state index contributed by atoms with van der Waals surface area (Å²) in [5.41, 5.74) is 5.37. The first-order valence-corrected chi connectivity index (χ1v) is 5.89. The van der Waals surface area contributed by atoms with Crippen LogP contribution in [0.5, 0.6) is 0 Å². The first-order chi connectivity index (χ1) is 7.15. The van der Waals surface area contributed by atoms with Gasteiger partial charge in [0, 0.05) is 6.04 Å². The van der Waals surface area contributed by atoms with E-state index in [2.05, 4.69) is 24.5 Å². The van der Waals surface area contributed by atoms with Gasteiger partial charge in [-0.25, -0.2) is 0 Å². The zero-order chi connectivity index (χ0) is 11.7. The van der Waals surface area contributed by atoms with E-state index in [0.29, 0.717) is 12.6 Å². The van der Waals surface area contributed by atoms with Crippen molar-refractivity contribution in [2.24, 2.45) is 5.73 Å². The molecule has 0 rings (SSSR count). The summed E-state index contributed by atoms with van der Waals surface area (Å²) in [4.78, 5) is 11.7. The molecule has 1 unspecified atom stereocenters. The summed E-state index contributed by atoms with van der Waals surface area (Å²) in [6, 6.07) is 0.174. The van der Waals surface area contributed by atoms with Gasteiger partial charge in [0.15, 0.2) is 0 Å². The van der Waals surface area contributed by atoms with Crippen molar-refractivity contribution in [3.63, 3.8) is 0 Å². The van der Waals surface area contributed by atoms with Crippen LogP contribution in [0.25, 0.3) is 0 Å². The van der Waals surface area contributed by atoms with Gasteiger partial charge in [0.25, 0.3) is 0 Å². The van der Waals surface area contributed by atoms with Crippen LogP contribution in [0.4, 0.5) is 0 Å². The molecule has 0 aliphatic carbocycles. The minimum Gasteiger partial charge on any atom is -0.352 e. The lowest BCUT2D eigenvalue weighted by molar-refractivity contribution is -0.123. The molecule has 0 radical (unpaired) electrons. The molecule has 0 saturated carbocycles. The number of carbonyl (C=O) groups is 1. The highest BCUT2D eigenvalue weighted by Crippen LogP contribution is 1.96. The zero-order valence-corrected chi connectivity index (χ0v) is 10.2. The summed E-state index contributed by atoms with van der Waals surface area (Å²) in [5.74, 6) is 0.0840. The second-order valence-electron chi connectivity index (χ2n) is 3.84. The standard InChI is InChI=1S/C11H25N3O/c1-4-10(5-2)14-11(15)9(3)13-8-6-7-12/h9-10,13H,4-8,12H2,1-3H3,(H,14,15). The maximum absolute atomic E-state index is 11.7. The molecule has 0 aliphatic rings. The molecule has 4 heteroatoms. The monoisotopic (exact) mass is 215 g/mol. The van der Waals surface area contributed by atoms with Crippen LogP contribution in [-0.2, 0) is 4.79 Å². The molecule has 0 aromatic rings. The molecule has 0 heterocycles. The Morgan fingerprint density at radius 3 is 2.40 bits per heavy atom. The number of amides is 1. The average Bonchev–Trinajstić information content (AvgIpc) is 2.25. The Balaban J connectivity index is 3.77. The van der Waals surface area contributed by atoms with Crippen molar-refractivity contribution < 1.29 is 4.79 Å². The van der Waals surface area contributed by atoms with Crippen molar-refractivity contribution in [2.45, 2.75) is 52.1 Å². The maximum Gasteiger partial charge on any atom is 0.237 e. The van der Waals surface area contributed by atoms with Crippen molar-refractivity contribution in [3.05, 3.63) is 0 Å². The van der Waals surface area contributed by atoms with E-state index in [0.717, 1.165) is 25.8 Å². The quantitative estimate of drug-likeness (QED) is 0.520. The van der Waals surface area contributed by atoms with Crippen molar-refractivity contribution in [3.8, 4) is 0 Å². The summed E-state index contributed by atoms with van der Waals surface area (Å²) in [7, 11) is 0. The van der Waals surface area contributed by atoms with E-state index in [-0.39, 0.29) is 11.9 Å². The van der Waals surface area contributed by atoms with Crippen LogP contribution in [0.15, 0.2) is 0 Å². The van der Waals surface area contributed by atoms with Crippen molar-refractivity contribution in [1.29, 1.82) is 0 Å². The van der Waals surface area contributed by atoms with Crippen LogP contribution in [0, 0.1) is 0 Å². The molecule has 90 valence electrons. The number of rotatable bonds is 8. The molecule has 1 amide bonds. The van der Waals surface area contributed by atoms with Crippen LogP contribution in [0.3, 0.4) is 0 Å². The van der Waals surface area contributed by atoms with Gasteiger partial charge in [0.05, 0.1) is 6.04 Å². The van der Waals surface area contributed by atoms with Gasteiger partial charge in [-0.2, -0.15) is 0 Å². The molecule has 0 saturated heterocycles. The maximum atomic E-state index is 11.7. The Kier molecular flexibility index (Phi) is 8.33. The molecule has 0 fully saturated rings. The van der Waals surface area contributed by atoms with E-state index in [1.807, 2.05) is 6.92 Å². The summed E-state index contributed by atoms with van der Waals surface area (Å²) >= 11 is 0. The smallest absolute Gasteiger partial charge is 0.237 e. The summed E-state index contributed by atoms with van der Waals surface area (Å²) in [6.45, 7) is 7.51. The average molecular weight is 215 g/mol. The summed E-state index contributed by atoms with van der Waals surface area (Å²) in [6.07, 6.45) is 2.87. The minimum absolute atomic E-state index is 0.0840. The van der Waals surface area contributed by atoms with Crippen LogP contribution < -0.4 is 16.4 Å². The fourth-order valence-electron chi connectivity index (χ4n) is 1.33. The largest absolute Gasteiger partial charge is 0.352 e. The SMILES string of the molecule is CCC(CC)NC(=O)C(C)NCCCN. The van der Waals surface area contributed by atoms with Gasteiger partial charge in [0.2, 0.25) is 5.91 Å². The highest BCUT2D eigenvalue weighted by atomic mass is 16.2. The number of nitrogens with two attached hydrogens (primary N) is 1. The Bertz CT molecular complexity index is 169. The minimum atomic E-state index is -0.128. The third-order valence-electron chi connectivity index (χ3n) is 2.56. The van der Waals surface area contributed by atoms with Gasteiger partial charge in [0.1, 0.15) is 0 Å². The van der Waals surface area contributed by atoms with Gasteiger partial charge < -0.3 is 16.4 Å². The van der Waals surface area contributed by atoms with E-state index in [1.165, 1.54) is 0 Å². The Labute approximate surface area is 93.0 Å². The van der Waals surface area contributed by atoms with E-state index in [9.17, 15) is 4.79 Å². The second-order valence-corrected chi connectivity index (χ2v) is 3.84.